The van der Waals surface area contributed by atoms with Crippen LogP contribution in [0.3, 0.4) is 0 Å². The number of amides is 1. The monoisotopic (exact) mass is 389 g/mol. The average Bonchev–Trinajstić information content (AvgIpc) is 2.49. The molecule has 1 aliphatic heterocycles. The molecular formula is C16H23NO10. The van der Waals surface area contributed by atoms with Crippen molar-refractivity contribution in [3.8, 4) is 0 Å². The number of rotatable bonds is 6. The van der Waals surface area contributed by atoms with Crippen LogP contribution in [0.25, 0.3) is 0 Å². The number of carbonyl (C=O) groups excluding carboxylic acids is 5. The van der Waals surface area contributed by atoms with Gasteiger partial charge in [0.1, 0.15) is 18.8 Å². The van der Waals surface area contributed by atoms with E-state index < -0.39 is 60.4 Å². The van der Waals surface area contributed by atoms with E-state index in [1.807, 2.05) is 0 Å². The highest BCUT2D eigenvalue weighted by molar-refractivity contribution is 5.74. The number of hydrogen-bond acceptors (Lipinski definition) is 10. The van der Waals surface area contributed by atoms with Crippen LogP contribution in [0.4, 0.5) is 0 Å². The summed E-state index contributed by atoms with van der Waals surface area (Å²) in [7, 11) is 0. The highest BCUT2D eigenvalue weighted by Crippen LogP contribution is 2.28. The van der Waals surface area contributed by atoms with Gasteiger partial charge >= 0.3 is 23.9 Å². The van der Waals surface area contributed by atoms with E-state index in [1.165, 1.54) is 6.92 Å². The molecule has 1 rings (SSSR count). The van der Waals surface area contributed by atoms with Crippen molar-refractivity contribution in [1.29, 1.82) is 0 Å². The first-order valence-electron chi connectivity index (χ1n) is 8.08. The Bertz CT molecular complexity index is 604. The zero-order valence-corrected chi connectivity index (χ0v) is 15.7. The van der Waals surface area contributed by atoms with E-state index in [4.69, 9.17) is 23.7 Å². The summed E-state index contributed by atoms with van der Waals surface area (Å²) in [6.07, 6.45) is -4.97. The SMILES string of the molecule is CC(=O)NC1C(OC(C)=O)O[C@H](COC(C)=O)[C@H](OC(C)=O)[C@@H]1OC(C)=O. The largest absolute Gasteiger partial charge is 0.463 e. The zero-order chi connectivity index (χ0) is 20.7. The number of hydrogen-bond donors (Lipinski definition) is 1. The number of esters is 4. The molecule has 2 unspecified atom stereocenters. The highest BCUT2D eigenvalue weighted by Gasteiger charge is 2.52. The Morgan fingerprint density at radius 2 is 1.30 bits per heavy atom. The topological polar surface area (TPSA) is 144 Å². The molecule has 1 N–H and O–H groups in total. The van der Waals surface area contributed by atoms with Crippen LogP contribution in [-0.4, -0.2) is 67.0 Å². The summed E-state index contributed by atoms with van der Waals surface area (Å²) >= 11 is 0. The fourth-order valence-electron chi connectivity index (χ4n) is 2.55. The molecule has 0 aromatic carbocycles. The third-order valence-electron chi connectivity index (χ3n) is 3.35. The molecular weight excluding hydrogens is 366 g/mol. The first-order valence-corrected chi connectivity index (χ1v) is 8.08. The van der Waals surface area contributed by atoms with Crippen molar-refractivity contribution >= 4 is 29.8 Å². The van der Waals surface area contributed by atoms with Crippen LogP contribution in [-0.2, 0) is 47.7 Å². The first kappa shape index (κ1) is 22.4. The smallest absolute Gasteiger partial charge is 0.305 e. The van der Waals surface area contributed by atoms with E-state index in [0.29, 0.717) is 0 Å². The second kappa shape index (κ2) is 9.86. The number of nitrogens with one attached hydrogen (secondary N) is 1. The Kier molecular flexibility index (Phi) is 8.16. The van der Waals surface area contributed by atoms with Crippen LogP contribution < -0.4 is 5.32 Å². The molecule has 0 aromatic heterocycles. The lowest BCUT2D eigenvalue weighted by Gasteiger charge is -2.44. The lowest BCUT2D eigenvalue weighted by atomic mass is 9.96. The molecule has 0 spiro atoms. The molecule has 0 bridgehead atoms. The van der Waals surface area contributed by atoms with E-state index in [0.717, 1.165) is 27.7 Å². The fraction of sp³-hybridized carbons (Fsp3) is 0.688. The minimum Gasteiger partial charge on any atom is -0.463 e. The maximum atomic E-state index is 11.6. The van der Waals surface area contributed by atoms with Gasteiger partial charge in [0.05, 0.1) is 0 Å². The minimum atomic E-state index is -1.37. The van der Waals surface area contributed by atoms with Gasteiger partial charge in [-0.2, -0.15) is 0 Å². The highest BCUT2D eigenvalue weighted by atomic mass is 16.7. The second-order valence-corrected chi connectivity index (χ2v) is 5.83. The lowest BCUT2D eigenvalue weighted by Crippen LogP contribution is -2.66. The summed E-state index contributed by atoms with van der Waals surface area (Å²) in [5.74, 6) is -3.34. The molecule has 0 radical (unpaired) electrons. The summed E-state index contributed by atoms with van der Waals surface area (Å²) in [5, 5.41) is 2.46. The van der Waals surface area contributed by atoms with Crippen molar-refractivity contribution in [3.05, 3.63) is 0 Å². The Morgan fingerprint density at radius 3 is 1.74 bits per heavy atom. The van der Waals surface area contributed by atoms with Crippen LogP contribution >= 0.6 is 0 Å². The molecule has 0 aromatic rings. The van der Waals surface area contributed by atoms with Crippen LogP contribution in [0.2, 0.25) is 0 Å². The number of ether oxygens (including phenoxy) is 5. The Morgan fingerprint density at radius 1 is 0.778 bits per heavy atom. The quantitative estimate of drug-likeness (QED) is 0.453. The predicted octanol–water partition coefficient (Wildman–Crippen LogP) is -0.794. The molecule has 11 nitrogen and oxygen atoms in total. The van der Waals surface area contributed by atoms with Gasteiger partial charge < -0.3 is 29.0 Å². The standard InChI is InChI=1S/C16H23NO10/c1-7(18)17-13-15(25-10(4)21)14(24-9(3)20)12(6-23-8(2)19)27-16(13)26-11(5)22/h12-16H,6H2,1-5H3,(H,17,18)/t12-,13?,14+,15-,16?/m1/s1. The second-order valence-electron chi connectivity index (χ2n) is 5.83. The summed E-state index contributed by atoms with van der Waals surface area (Å²) in [5.41, 5.74) is 0. The van der Waals surface area contributed by atoms with E-state index in [-0.39, 0.29) is 6.61 Å². The maximum absolute atomic E-state index is 11.6. The maximum Gasteiger partial charge on any atom is 0.305 e. The van der Waals surface area contributed by atoms with Crippen LogP contribution in [0.5, 0.6) is 0 Å². The van der Waals surface area contributed by atoms with Gasteiger partial charge in [-0.25, -0.2) is 0 Å². The Labute approximate surface area is 155 Å². The molecule has 1 saturated heterocycles. The first-order chi connectivity index (χ1) is 12.5. The van der Waals surface area contributed by atoms with Crippen LogP contribution in [0.15, 0.2) is 0 Å². The molecule has 1 heterocycles. The molecule has 0 saturated carbocycles. The van der Waals surface area contributed by atoms with Gasteiger partial charge in [-0.05, 0) is 0 Å². The van der Waals surface area contributed by atoms with Crippen molar-refractivity contribution in [2.75, 3.05) is 6.61 Å². The van der Waals surface area contributed by atoms with E-state index >= 15 is 0 Å². The summed E-state index contributed by atoms with van der Waals surface area (Å²) in [6.45, 7) is 5.36. The van der Waals surface area contributed by atoms with E-state index in [2.05, 4.69) is 5.32 Å². The van der Waals surface area contributed by atoms with Crippen molar-refractivity contribution < 1.29 is 47.7 Å². The lowest BCUT2D eigenvalue weighted by molar-refractivity contribution is -0.270. The Hall–Kier alpha value is -2.69. The predicted molar refractivity (Wildman–Crippen MR) is 85.8 cm³/mol. The van der Waals surface area contributed by atoms with Gasteiger partial charge in [-0.15, -0.1) is 0 Å². The van der Waals surface area contributed by atoms with Gasteiger partial charge in [-0.3, -0.25) is 24.0 Å². The van der Waals surface area contributed by atoms with E-state index in [9.17, 15) is 24.0 Å². The van der Waals surface area contributed by atoms with Gasteiger partial charge in [0.2, 0.25) is 12.2 Å². The molecule has 152 valence electrons. The zero-order valence-electron chi connectivity index (χ0n) is 15.7. The normalized spacial score (nSPS) is 27.1. The van der Waals surface area contributed by atoms with Crippen LogP contribution in [0, 0.1) is 0 Å². The van der Waals surface area contributed by atoms with Gasteiger partial charge in [0, 0.05) is 34.6 Å². The summed E-state index contributed by atoms with van der Waals surface area (Å²) in [4.78, 5) is 57.2. The van der Waals surface area contributed by atoms with Crippen molar-refractivity contribution in [2.24, 2.45) is 0 Å². The van der Waals surface area contributed by atoms with Crippen molar-refractivity contribution in [1.82, 2.24) is 5.32 Å². The van der Waals surface area contributed by atoms with Crippen molar-refractivity contribution in [2.45, 2.75) is 65.3 Å². The molecule has 11 heteroatoms. The average molecular weight is 389 g/mol. The number of carbonyl (C=O) groups is 5. The molecule has 27 heavy (non-hydrogen) atoms. The van der Waals surface area contributed by atoms with Gasteiger partial charge in [0.25, 0.3) is 0 Å². The summed E-state index contributed by atoms with van der Waals surface area (Å²) in [6, 6.07) is -1.16. The molecule has 1 aliphatic rings. The molecule has 0 aliphatic carbocycles. The van der Waals surface area contributed by atoms with Gasteiger partial charge in [-0.1, -0.05) is 0 Å². The Balaban J connectivity index is 3.29. The van der Waals surface area contributed by atoms with Gasteiger partial charge in [0.15, 0.2) is 12.2 Å². The van der Waals surface area contributed by atoms with Crippen molar-refractivity contribution in [3.63, 3.8) is 0 Å². The molecule has 5 atom stereocenters. The fourth-order valence-corrected chi connectivity index (χ4v) is 2.55. The van der Waals surface area contributed by atoms with Crippen LogP contribution in [0.1, 0.15) is 34.6 Å². The third-order valence-corrected chi connectivity index (χ3v) is 3.35. The molecule has 1 fully saturated rings. The molecule has 1 amide bonds. The minimum absolute atomic E-state index is 0.365. The summed E-state index contributed by atoms with van der Waals surface area (Å²) < 4.78 is 25.9. The van der Waals surface area contributed by atoms with E-state index in [1.54, 1.807) is 0 Å². The third kappa shape index (κ3) is 7.21.